The highest BCUT2D eigenvalue weighted by atomic mass is 127. The monoisotopic (exact) mass is 507 g/mol. The molecule has 0 saturated carbocycles. The lowest BCUT2D eigenvalue weighted by atomic mass is 10.0. The maximum Gasteiger partial charge on any atom is 0.191 e. The van der Waals surface area contributed by atoms with Crippen LogP contribution >= 0.6 is 24.0 Å². The summed E-state index contributed by atoms with van der Waals surface area (Å²) in [7, 11) is 2.18. The van der Waals surface area contributed by atoms with E-state index in [1.165, 1.54) is 0 Å². The maximum absolute atomic E-state index is 10.7. The van der Waals surface area contributed by atoms with Crippen LogP contribution < -0.4 is 10.6 Å². The van der Waals surface area contributed by atoms with Gasteiger partial charge in [0.25, 0.3) is 0 Å². The highest BCUT2D eigenvalue weighted by Gasteiger charge is 2.26. The molecule has 2 rings (SSSR count). The number of aliphatic imine (C=N–C) groups is 1. The Balaban J connectivity index is 0.00000392. The van der Waals surface area contributed by atoms with E-state index in [1.807, 2.05) is 26.0 Å². The second kappa shape index (κ2) is 12.0. The third kappa shape index (κ3) is 8.26. The van der Waals surface area contributed by atoms with E-state index in [0.717, 1.165) is 57.5 Å². The molecule has 0 aromatic carbocycles. The zero-order valence-corrected chi connectivity index (χ0v) is 20.3. The molecule has 1 saturated heterocycles. The van der Waals surface area contributed by atoms with E-state index in [4.69, 9.17) is 4.42 Å². The Labute approximate surface area is 187 Å². The number of piperazine rings is 1. The molecule has 1 aromatic rings. The van der Waals surface area contributed by atoms with Gasteiger partial charge < -0.3 is 30.0 Å². The second-order valence-corrected chi connectivity index (χ2v) is 7.97. The number of nitrogens with one attached hydrogen (secondary N) is 2. The van der Waals surface area contributed by atoms with Crippen molar-refractivity contribution in [2.75, 3.05) is 59.4 Å². The minimum Gasteiger partial charge on any atom is -0.463 e. The van der Waals surface area contributed by atoms with Crippen LogP contribution in [0.5, 0.6) is 0 Å². The van der Waals surface area contributed by atoms with Gasteiger partial charge in [0.15, 0.2) is 5.96 Å². The van der Waals surface area contributed by atoms with Gasteiger partial charge in [-0.05, 0) is 45.9 Å². The number of hydrogen-bond donors (Lipinski definition) is 3. The van der Waals surface area contributed by atoms with Crippen molar-refractivity contribution >= 4 is 29.9 Å². The number of likely N-dealkylation sites (N-methyl/N-ethyl adjacent to an activating group) is 1. The van der Waals surface area contributed by atoms with Crippen molar-refractivity contribution in [3.8, 4) is 0 Å². The zero-order valence-electron chi connectivity index (χ0n) is 18.0. The fourth-order valence-corrected chi connectivity index (χ4v) is 3.18. The molecule has 1 aromatic heterocycles. The first-order valence-electron chi connectivity index (χ1n) is 10.0. The number of halogens is 1. The average molecular weight is 507 g/mol. The Kier molecular flexibility index (Phi) is 10.8. The van der Waals surface area contributed by atoms with E-state index in [9.17, 15) is 5.11 Å². The summed E-state index contributed by atoms with van der Waals surface area (Å²) in [6.45, 7) is 15.4. The topological polar surface area (TPSA) is 76.3 Å². The van der Waals surface area contributed by atoms with Crippen LogP contribution in [-0.4, -0.2) is 80.3 Å². The van der Waals surface area contributed by atoms with Gasteiger partial charge >= 0.3 is 0 Å². The minimum absolute atomic E-state index is 0. The molecule has 1 fully saturated rings. The van der Waals surface area contributed by atoms with Gasteiger partial charge in [0.2, 0.25) is 0 Å². The summed E-state index contributed by atoms with van der Waals surface area (Å²) < 4.78 is 5.56. The van der Waals surface area contributed by atoms with Crippen LogP contribution in [0.4, 0.5) is 0 Å². The standard InChI is InChI=1S/C20H37N5O2.HI/c1-6-21-19(23-15-20(4,26)18-8-7-17(3)27-18)22-13-16(2)14-25-11-9-24(5)10-12-25;/h7-8,16,26H,6,9-15H2,1-5H3,(H2,21,22,23);1H. The Hall–Kier alpha value is -0.840. The molecule has 2 heterocycles. The summed E-state index contributed by atoms with van der Waals surface area (Å²) in [5.74, 6) is 2.58. The fraction of sp³-hybridized carbons (Fsp3) is 0.750. The maximum atomic E-state index is 10.7. The molecule has 7 nitrogen and oxygen atoms in total. The molecule has 28 heavy (non-hydrogen) atoms. The van der Waals surface area contributed by atoms with E-state index in [2.05, 4.69) is 39.4 Å². The quantitative estimate of drug-likeness (QED) is 0.284. The normalized spacial score (nSPS) is 19.6. The van der Waals surface area contributed by atoms with Gasteiger partial charge in [-0.3, -0.25) is 0 Å². The Morgan fingerprint density at radius 1 is 1.29 bits per heavy atom. The predicted molar refractivity (Wildman–Crippen MR) is 126 cm³/mol. The first kappa shape index (κ1) is 25.2. The lowest BCUT2D eigenvalue weighted by Crippen LogP contribution is -2.47. The van der Waals surface area contributed by atoms with E-state index in [1.54, 1.807) is 6.92 Å². The Morgan fingerprint density at radius 2 is 1.96 bits per heavy atom. The smallest absolute Gasteiger partial charge is 0.191 e. The summed E-state index contributed by atoms with van der Waals surface area (Å²) in [5, 5.41) is 17.3. The molecule has 0 amide bonds. The summed E-state index contributed by atoms with van der Waals surface area (Å²) in [4.78, 5) is 9.47. The molecular formula is C20H38IN5O2. The van der Waals surface area contributed by atoms with E-state index >= 15 is 0 Å². The first-order valence-corrected chi connectivity index (χ1v) is 10.0. The van der Waals surface area contributed by atoms with Crippen LogP contribution in [0.1, 0.15) is 32.3 Å². The molecule has 8 heteroatoms. The molecule has 0 radical (unpaired) electrons. The molecule has 162 valence electrons. The average Bonchev–Trinajstić information content (AvgIpc) is 3.07. The van der Waals surface area contributed by atoms with Crippen molar-refractivity contribution in [1.82, 2.24) is 20.4 Å². The molecule has 1 aliphatic heterocycles. The first-order chi connectivity index (χ1) is 12.8. The largest absolute Gasteiger partial charge is 0.463 e. The van der Waals surface area contributed by atoms with Gasteiger partial charge in [0.1, 0.15) is 17.1 Å². The lowest BCUT2D eigenvalue weighted by molar-refractivity contribution is 0.0428. The number of rotatable bonds is 8. The molecule has 2 unspecified atom stereocenters. The van der Waals surface area contributed by atoms with Gasteiger partial charge in [0, 0.05) is 45.8 Å². The lowest BCUT2D eigenvalue weighted by Gasteiger charge is -2.34. The summed E-state index contributed by atoms with van der Waals surface area (Å²) in [6.07, 6.45) is 0. The van der Waals surface area contributed by atoms with Crippen molar-refractivity contribution in [1.29, 1.82) is 0 Å². The van der Waals surface area contributed by atoms with Crippen molar-refractivity contribution in [3.63, 3.8) is 0 Å². The fourth-order valence-electron chi connectivity index (χ4n) is 3.18. The third-order valence-electron chi connectivity index (χ3n) is 4.94. The molecule has 0 aliphatic carbocycles. The van der Waals surface area contributed by atoms with Gasteiger partial charge in [-0.15, -0.1) is 24.0 Å². The van der Waals surface area contributed by atoms with Crippen molar-refractivity contribution in [2.24, 2.45) is 10.9 Å². The second-order valence-electron chi connectivity index (χ2n) is 7.97. The molecule has 2 atom stereocenters. The number of hydrogen-bond acceptors (Lipinski definition) is 5. The van der Waals surface area contributed by atoms with Crippen LogP contribution in [0.3, 0.4) is 0 Å². The number of furan rings is 1. The summed E-state index contributed by atoms with van der Waals surface area (Å²) in [6, 6.07) is 3.67. The SMILES string of the molecule is CCNC(=NCC(C)(O)c1ccc(C)o1)NCC(C)CN1CCN(C)CC1.I. The number of nitrogens with zero attached hydrogens (tertiary/aromatic N) is 3. The van der Waals surface area contributed by atoms with E-state index < -0.39 is 5.60 Å². The summed E-state index contributed by atoms with van der Waals surface area (Å²) >= 11 is 0. The molecule has 3 N–H and O–H groups in total. The summed E-state index contributed by atoms with van der Waals surface area (Å²) in [5.41, 5.74) is -1.12. The van der Waals surface area contributed by atoms with Crippen LogP contribution in [0.2, 0.25) is 0 Å². The molecule has 1 aliphatic rings. The van der Waals surface area contributed by atoms with Gasteiger partial charge in [-0.25, -0.2) is 4.99 Å². The van der Waals surface area contributed by atoms with E-state index in [0.29, 0.717) is 11.7 Å². The number of guanidine groups is 1. The van der Waals surface area contributed by atoms with Crippen molar-refractivity contribution in [3.05, 3.63) is 23.7 Å². The third-order valence-corrected chi connectivity index (χ3v) is 4.94. The van der Waals surface area contributed by atoms with Crippen LogP contribution in [0.25, 0.3) is 0 Å². The molecule has 0 bridgehead atoms. The van der Waals surface area contributed by atoms with Gasteiger partial charge in [0.05, 0.1) is 6.54 Å². The number of aliphatic hydroxyl groups is 1. The molecular weight excluding hydrogens is 469 g/mol. The van der Waals surface area contributed by atoms with Crippen molar-refractivity contribution < 1.29 is 9.52 Å². The van der Waals surface area contributed by atoms with E-state index in [-0.39, 0.29) is 30.5 Å². The Bertz CT molecular complexity index is 597. The van der Waals surface area contributed by atoms with Crippen LogP contribution in [-0.2, 0) is 5.60 Å². The minimum atomic E-state index is -1.12. The predicted octanol–water partition coefficient (Wildman–Crippen LogP) is 1.85. The van der Waals surface area contributed by atoms with Gasteiger partial charge in [-0.2, -0.15) is 0 Å². The Morgan fingerprint density at radius 3 is 2.54 bits per heavy atom. The zero-order chi connectivity index (χ0) is 19.9. The highest BCUT2D eigenvalue weighted by Crippen LogP contribution is 2.23. The highest BCUT2D eigenvalue weighted by molar-refractivity contribution is 14.0. The van der Waals surface area contributed by atoms with Crippen LogP contribution in [0, 0.1) is 12.8 Å². The van der Waals surface area contributed by atoms with Gasteiger partial charge in [-0.1, -0.05) is 6.92 Å². The number of aryl methyl sites for hydroxylation is 1. The van der Waals surface area contributed by atoms with Crippen molar-refractivity contribution in [2.45, 2.75) is 33.3 Å². The van der Waals surface area contributed by atoms with Crippen LogP contribution in [0.15, 0.2) is 21.5 Å². The molecule has 0 spiro atoms.